The lowest BCUT2D eigenvalue weighted by Gasteiger charge is -2.17. The van der Waals surface area contributed by atoms with Gasteiger partial charge in [-0.25, -0.2) is 9.59 Å². The summed E-state index contributed by atoms with van der Waals surface area (Å²) in [7, 11) is 0. The molecule has 112 valence electrons. The summed E-state index contributed by atoms with van der Waals surface area (Å²) < 4.78 is 0. The monoisotopic (exact) mass is 291 g/mol. The first-order chi connectivity index (χ1) is 10.1. The number of urea groups is 1. The highest BCUT2D eigenvalue weighted by Gasteiger charge is 2.24. The Bertz CT molecular complexity index is 532. The first-order valence-corrected chi connectivity index (χ1v) is 6.67. The fourth-order valence-corrected chi connectivity index (χ4v) is 2.16. The summed E-state index contributed by atoms with van der Waals surface area (Å²) in [5.74, 6) is -1.17. The van der Waals surface area contributed by atoms with Gasteiger partial charge in [-0.3, -0.25) is 4.79 Å². The molecule has 0 aliphatic carbocycles. The highest BCUT2D eigenvalue weighted by Crippen LogP contribution is 2.12. The first-order valence-electron chi connectivity index (χ1n) is 6.67. The van der Waals surface area contributed by atoms with Crippen LogP contribution in [-0.4, -0.2) is 35.6 Å². The highest BCUT2D eigenvalue weighted by atomic mass is 16.4. The molecule has 0 saturated carbocycles. The third kappa shape index (κ3) is 4.20. The van der Waals surface area contributed by atoms with Gasteiger partial charge >= 0.3 is 12.0 Å². The first kappa shape index (κ1) is 14.8. The number of benzene rings is 1. The third-order valence-electron chi connectivity index (χ3n) is 3.25. The molecule has 2 atom stereocenters. The SMILES string of the molecule is O=C1CCC(CNC(=O)NC(C(=O)O)c2ccccc2)N1. The van der Waals surface area contributed by atoms with E-state index in [0.717, 1.165) is 0 Å². The van der Waals surface area contributed by atoms with Crippen LogP contribution in [0, 0.1) is 0 Å². The van der Waals surface area contributed by atoms with E-state index in [1.807, 2.05) is 0 Å². The maximum atomic E-state index is 11.8. The summed E-state index contributed by atoms with van der Waals surface area (Å²) in [4.78, 5) is 34.0. The van der Waals surface area contributed by atoms with Gasteiger partial charge in [0, 0.05) is 19.0 Å². The number of hydrogen-bond donors (Lipinski definition) is 4. The topological polar surface area (TPSA) is 108 Å². The Morgan fingerprint density at radius 1 is 1.33 bits per heavy atom. The molecule has 21 heavy (non-hydrogen) atoms. The van der Waals surface area contributed by atoms with Crippen molar-refractivity contribution in [1.29, 1.82) is 0 Å². The molecule has 2 rings (SSSR count). The molecule has 1 heterocycles. The van der Waals surface area contributed by atoms with Crippen LogP contribution in [0.1, 0.15) is 24.4 Å². The zero-order chi connectivity index (χ0) is 15.2. The summed E-state index contributed by atoms with van der Waals surface area (Å²) in [5, 5.41) is 16.9. The summed E-state index contributed by atoms with van der Waals surface area (Å²) in [6.45, 7) is 0.276. The predicted octanol–water partition coefficient (Wildman–Crippen LogP) is 0.390. The van der Waals surface area contributed by atoms with Gasteiger partial charge in [-0.1, -0.05) is 30.3 Å². The number of carboxylic acids is 1. The number of rotatable bonds is 5. The van der Waals surface area contributed by atoms with Gasteiger partial charge in [0.25, 0.3) is 0 Å². The average Bonchev–Trinajstić information content (AvgIpc) is 2.89. The minimum absolute atomic E-state index is 0.0325. The molecule has 7 heteroatoms. The van der Waals surface area contributed by atoms with Gasteiger partial charge < -0.3 is 21.1 Å². The van der Waals surface area contributed by atoms with E-state index in [4.69, 9.17) is 0 Å². The van der Waals surface area contributed by atoms with E-state index >= 15 is 0 Å². The van der Waals surface area contributed by atoms with Crippen molar-refractivity contribution in [1.82, 2.24) is 16.0 Å². The van der Waals surface area contributed by atoms with Crippen LogP contribution in [0.2, 0.25) is 0 Å². The Kier molecular flexibility index (Phi) is 4.76. The van der Waals surface area contributed by atoms with Crippen molar-refractivity contribution in [2.45, 2.75) is 24.9 Å². The Hall–Kier alpha value is -2.57. The van der Waals surface area contributed by atoms with Crippen LogP contribution in [0.3, 0.4) is 0 Å². The average molecular weight is 291 g/mol. The molecule has 4 N–H and O–H groups in total. The van der Waals surface area contributed by atoms with E-state index in [9.17, 15) is 19.5 Å². The fourth-order valence-electron chi connectivity index (χ4n) is 2.16. The highest BCUT2D eigenvalue weighted by molar-refractivity contribution is 5.83. The molecule has 0 bridgehead atoms. The minimum atomic E-state index is -1.13. The second kappa shape index (κ2) is 6.74. The van der Waals surface area contributed by atoms with Crippen LogP contribution in [0.4, 0.5) is 4.79 Å². The van der Waals surface area contributed by atoms with E-state index in [2.05, 4.69) is 16.0 Å². The standard InChI is InChI=1S/C14H17N3O4/c18-11-7-6-10(16-11)8-15-14(21)17-12(13(19)20)9-4-2-1-3-5-9/h1-5,10,12H,6-8H2,(H,16,18)(H,19,20)(H2,15,17,21). The molecule has 1 aromatic carbocycles. The summed E-state index contributed by atoms with van der Waals surface area (Å²) in [6, 6.07) is 6.68. The van der Waals surface area contributed by atoms with Crippen LogP contribution in [0.5, 0.6) is 0 Å². The molecular weight excluding hydrogens is 274 g/mol. The van der Waals surface area contributed by atoms with Crippen molar-refractivity contribution in [2.24, 2.45) is 0 Å². The van der Waals surface area contributed by atoms with E-state index in [-0.39, 0.29) is 18.5 Å². The van der Waals surface area contributed by atoms with Gasteiger partial charge in [-0.15, -0.1) is 0 Å². The molecule has 0 radical (unpaired) electrons. The van der Waals surface area contributed by atoms with Crippen molar-refractivity contribution < 1.29 is 19.5 Å². The molecule has 1 aromatic rings. The van der Waals surface area contributed by atoms with Crippen LogP contribution in [-0.2, 0) is 9.59 Å². The minimum Gasteiger partial charge on any atom is -0.479 e. The summed E-state index contributed by atoms with van der Waals surface area (Å²) in [5.41, 5.74) is 0.495. The zero-order valence-corrected chi connectivity index (χ0v) is 11.3. The quantitative estimate of drug-likeness (QED) is 0.629. The van der Waals surface area contributed by atoms with Crippen LogP contribution in [0.15, 0.2) is 30.3 Å². The number of carboxylic acid groups (broad SMARTS) is 1. The molecule has 2 unspecified atom stereocenters. The molecule has 0 aromatic heterocycles. The summed E-state index contributed by atoms with van der Waals surface area (Å²) >= 11 is 0. The normalized spacial score (nSPS) is 18.7. The second-order valence-corrected chi connectivity index (χ2v) is 4.84. The Morgan fingerprint density at radius 2 is 2.05 bits per heavy atom. The van der Waals surface area contributed by atoms with Crippen molar-refractivity contribution in [3.8, 4) is 0 Å². The fraction of sp³-hybridized carbons (Fsp3) is 0.357. The molecule has 1 aliphatic heterocycles. The van der Waals surface area contributed by atoms with Crippen LogP contribution < -0.4 is 16.0 Å². The molecule has 1 fully saturated rings. The van der Waals surface area contributed by atoms with Gasteiger partial charge in [0.1, 0.15) is 0 Å². The largest absolute Gasteiger partial charge is 0.479 e. The lowest BCUT2D eigenvalue weighted by molar-refractivity contribution is -0.139. The zero-order valence-electron chi connectivity index (χ0n) is 11.3. The molecular formula is C14H17N3O4. The van der Waals surface area contributed by atoms with Crippen molar-refractivity contribution in [3.63, 3.8) is 0 Å². The maximum absolute atomic E-state index is 11.8. The van der Waals surface area contributed by atoms with Gasteiger partial charge in [-0.2, -0.15) is 0 Å². The summed E-state index contributed by atoms with van der Waals surface area (Å²) in [6.07, 6.45) is 1.12. The lowest BCUT2D eigenvalue weighted by atomic mass is 10.1. The second-order valence-electron chi connectivity index (χ2n) is 4.84. The van der Waals surface area contributed by atoms with Gasteiger partial charge in [0.2, 0.25) is 5.91 Å². The lowest BCUT2D eigenvalue weighted by Crippen LogP contribution is -2.45. The number of aliphatic carboxylic acids is 1. The molecule has 0 spiro atoms. The van der Waals surface area contributed by atoms with Crippen molar-refractivity contribution in [3.05, 3.63) is 35.9 Å². The molecule has 3 amide bonds. The molecule has 1 aliphatic rings. The number of nitrogens with one attached hydrogen (secondary N) is 3. The Morgan fingerprint density at radius 3 is 2.62 bits per heavy atom. The number of amides is 3. The van der Waals surface area contributed by atoms with E-state index in [1.54, 1.807) is 30.3 Å². The number of carbonyl (C=O) groups excluding carboxylic acids is 2. The number of hydrogen-bond acceptors (Lipinski definition) is 3. The van der Waals surface area contributed by atoms with Crippen LogP contribution >= 0.6 is 0 Å². The van der Waals surface area contributed by atoms with Gasteiger partial charge in [0.05, 0.1) is 0 Å². The van der Waals surface area contributed by atoms with Gasteiger partial charge in [-0.05, 0) is 12.0 Å². The van der Waals surface area contributed by atoms with Crippen LogP contribution in [0.25, 0.3) is 0 Å². The third-order valence-corrected chi connectivity index (χ3v) is 3.25. The molecule has 1 saturated heterocycles. The van der Waals surface area contributed by atoms with E-state index in [0.29, 0.717) is 18.4 Å². The Balaban J connectivity index is 1.87. The van der Waals surface area contributed by atoms with Crippen molar-refractivity contribution >= 4 is 17.9 Å². The van der Waals surface area contributed by atoms with Gasteiger partial charge in [0.15, 0.2) is 6.04 Å². The number of carbonyl (C=O) groups is 3. The maximum Gasteiger partial charge on any atom is 0.330 e. The van der Waals surface area contributed by atoms with E-state index in [1.165, 1.54) is 0 Å². The predicted molar refractivity (Wildman–Crippen MR) is 74.5 cm³/mol. The Labute approximate surface area is 121 Å². The van der Waals surface area contributed by atoms with Crippen molar-refractivity contribution in [2.75, 3.05) is 6.54 Å². The van der Waals surface area contributed by atoms with E-state index < -0.39 is 18.0 Å². The molecule has 7 nitrogen and oxygen atoms in total. The smallest absolute Gasteiger partial charge is 0.330 e.